The highest BCUT2D eigenvalue weighted by molar-refractivity contribution is 5.80. The Hall–Kier alpha value is -2.44. The van der Waals surface area contributed by atoms with Crippen LogP contribution >= 0.6 is 0 Å². The minimum atomic E-state index is -0.651. The Morgan fingerprint density at radius 2 is 1.88 bits per heavy atom. The van der Waals surface area contributed by atoms with E-state index in [2.05, 4.69) is 15.5 Å². The zero-order valence-electron chi connectivity index (χ0n) is 16.0. The molecular formula is C19H27N5O2. The topological polar surface area (TPSA) is 81.8 Å². The molecule has 0 saturated heterocycles. The van der Waals surface area contributed by atoms with Gasteiger partial charge in [-0.15, -0.1) is 0 Å². The first-order valence-electron chi connectivity index (χ1n) is 9.29. The van der Waals surface area contributed by atoms with Gasteiger partial charge >= 0.3 is 0 Å². The third-order valence-electron chi connectivity index (χ3n) is 5.29. The largest absolute Gasteiger partial charge is 0.352 e. The third-order valence-corrected chi connectivity index (χ3v) is 5.29. The van der Waals surface area contributed by atoms with E-state index < -0.39 is 6.04 Å². The average Bonchev–Trinajstić information content (AvgIpc) is 2.88. The lowest BCUT2D eigenvalue weighted by Gasteiger charge is -2.24. The number of carbonyl (C=O) groups is 1. The summed E-state index contributed by atoms with van der Waals surface area (Å²) in [5.41, 5.74) is 3.10. The van der Waals surface area contributed by atoms with E-state index in [-0.39, 0.29) is 17.5 Å². The minimum absolute atomic E-state index is 0.150. The van der Waals surface area contributed by atoms with Crippen molar-refractivity contribution in [2.24, 2.45) is 7.05 Å². The molecule has 1 N–H and O–H groups in total. The van der Waals surface area contributed by atoms with Crippen LogP contribution in [0.3, 0.4) is 0 Å². The highest BCUT2D eigenvalue weighted by Crippen LogP contribution is 2.24. The molecule has 3 rings (SSSR count). The third kappa shape index (κ3) is 3.57. The number of nitrogens with one attached hydrogen (secondary N) is 1. The Morgan fingerprint density at radius 1 is 1.19 bits per heavy atom. The maximum Gasteiger partial charge on any atom is 0.267 e. The number of amides is 1. The lowest BCUT2D eigenvalue weighted by Crippen LogP contribution is -2.42. The van der Waals surface area contributed by atoms with Crippen molar-refractivity contribution in [1.82, 2.24) is 24.9 Å². The van der Waals surface area contributed by atoms with E-state index in [4.69, 9.17) is 0 Å². The van der Waals surface area contributed by atoms with Crippen LogP contribution < -0.4 is 10.9 Å². The van der Waals surface area contributed by atoms with Gasteiger partial charge in [0, 0.05) is 30.4 Å². The molecule has 1 saturated carbocycles. The van der Waals surface area contributed by atoms with Crippen molar-refractivity contribution >= 4 is 5.91 Å². The molecule has 140 valence electrons. The normalized spacial score (nSPS) is 16.5. The van der Waals surface area contributed by atoms with Gasteiger partial charge in [0.05, 0.1) is 11.4 Å². The van der Waals surface area contributed by atoms with Crippen LogP contribution in [0, 0.1) is 13.8 Å². The number of aryl methyl sites for hydroxylation is 2. The van der Waals surface area contributed by atoms with E-state index in [9.17, 15) is 9.59 Å². The van der Waals surface area contributed by atoms with Crippen LogP contribution in [0.15, 0.2) is 16.9 Å². The van der Waals surface area contributed by atoms with Crippen LogP contribution in [0.5, 0.6) is 0 Å². The van der Waals surface area contributed by atoms with Crippen molar-refractivity contribution in [3.63, 3.8) is 0 Å². The van der Waals surface area contributed by atoms with Gasteiger partial charge in [0.1, 0.15) is 6.04 Å². The second kappa shape index (κ2) is 7.43. The van der Waals surface area contributed by atoms with Crippen molar-refractivity contribution in [3.05, 3.63) is 33.9 Å². The Kier molecular flexibility index (Phi) is 5.25. The Balaban J connectivity index is 1.87. The molecular weight excluding hydrogens is 330 g/mol. The van der Waals surface area contributed by atoms with Crippen molar-refractivity contribution in [1.29, 1.82) is 0 Å². The molecule has 1 aliphatic rings. The number of carbonyl (C=O) groups excluding carboxylic acids is 1. The standard InChI is InChI=1S/C19H27N5O2/c1-12-18(13(2)23(4)21-12)16-10-11-17(25)24(22-16)14(3)19(26)20-15-8-6-5-7-9-15/h10-11,14-15H,5-9H2,1-4H3,(H,20,26)/t14-/m1/s1. The van der Waals surface area contributed by atoms with Gasteiger partial charge in [-0.05, 0) is 39.7 Å². The minimum Gasteiger partial charge on any atom is -0.352 e. The number of hydrogen-bond acceptors (Lipinski definition) is 4. The molecule has 1 fully saturated rings. The summed E-state index contributed by atoms with van der Waals surface area (Å²) in [6, 6.07) is 2.72. The molecule has 1 amide bonds. The molecule has 2 heterocycles. The summed E-state index contributed by atoms with van der Waals surface area (Å²) in [5, 5.41) is 12.0. The summed E-state index contributed by atoms with van der Waals surface area (Å²) in [6.07, 6.45) is 5.54. The van der Waals surface area contributed by atoms with Crippen LogP contribution in [-0.2, 0) is 11.8 Å². The lowest BCUT2D eigenvalue weighted by atomic mass is 9.95. The molecule has 2 aromatic rings. The maximum absolute atomic E-state index is 12.6. The quantitative estimate of drug-likeness (QED) is 0.910. The van der Waals surface area contributed by atoms with Crippen molar-refractivity contribution in [3.8, 4) is 11.3 Å². The van der Waals surface area contributed by atoms with Crippen molar-refractivity contribution in [2.75, 3.05) is 0 Å². The summed E-state index contributed by atoms with van der Waals surface area (Å²) in [7, 11) is 1.88. The molecule has 7 heteroatoms. The predicted octanol–water partition coefficient (Wildman–Crippen LogP) is 2.27. The summed E-state index contributed by atoms with van der Waals surface area (Å²) in [4.78, 5) is 24.9. The van der Waals surface area contributed by atoms with E-state index in [1.54, 1.807) is 17.7 Å². The monoisotopic (exact) mass is 357 g/mol. The second-order valence-corrected chi connectivity index (χ2v) is 7.19. The van der Waals surface area contributed by atoms with Gasteiger partial charge in [0.2, 0.25) is 5.91 Å². The molecule has 1 aliphatic carbocycles. The zero-order valence-corrected chi connectivity index (χ0v) is 16.0. The first-order valence-corrected chi connectivity index (χ1v) is 9.29. The van der Waals surface area contributed by atoms with E-state index in [1.807, 2.05) is 20.9 Å². The number of rotatable bonds is 4. The fourth-order valence-electron chi connectivity index (χ4n) is 3.66. The summed E-state index contributed by atoms with van der Waals surface area (Å²) < 4.78 is 3.07. The maximum atomic E-state index is 12.6. The molecule has 2 aromatic heterocycles. The first-order chi connectivity index (χ1) is 12.4. The average molecular weight is 357 g/mol. The van der Waals surface area contributed by atoms with Gasteiger partial charge in [0.25, 0.3) is 5.56 Å². The van der Waals surface area contributed by atoms with Crippen molar-refractivity contribution in [2.45, 2.75) is 65.0 Å². The molecule has 0 bridgehead atoms. The summed E-state index contributed by atoms with van der Waals surface area (Å²) in [5.74, 6) is -0.150. The van der Waals surface area contributed by atoms with Gasteiger partial charge in [-0.25, -0.2) is 4.68 Å². The fraction of sp³-hybridized carbons (Fsp3) is 0.579. The van der Waals surface area contributed by atoms with Crippen molar-refractivity contribution < 1.29 is 4.79 Å². The summed E-state index contributed by atoms with van der Waals surface area (Å²) >= 11 is 0. The molecule has 1 atom stereocenters. The summed E-state index contributed by atoms with van der Waals surface area (Å²) in [6.45, 7) is 5.60. The van der Waals surface area contributed by atoms with Crippen LogP contribution in [0.25, 0.3) is 11.3 Å². The van der Waals surface area contributed by atoms with E-state index in [0.717, 1.165) is 42.6 Å². The SMILES string of the molecule is Cc1nn(C)c(C)c1-c1ccc(=O)n([C@H](C)C(=O)NC2CCCCC2)n1. The van der Waals surface area contributed by atoms with Gasteiger partial charge in [-0.2, -0.15) is 10.2 Å². The lowest BCUT2D eigenvalue weighted by molar-refractivity contribution is -0.125. The molecule has 0 radical (unpaired) electrons. The molecule has 0 unspecified atom stereocenters. The molecule has 26 heavy (non-hydrogen) atoms. The molecule has 0 aromatic carbocycles. The molecule has 0 spiro atoms. The number of hydrogen-bond donors (Lipinski definition) is 1. The Morgan fingerprint density at radius 3 is 2.50 bits per heavy atom. The van der Waals surface area contributed by atoms with Crippen LogP contribution in [0.2, 0.25) is 0 Å². The highest BCUT2D eigenvalue weighted by Gasteiger charge is 2.23. The number of aromatic nitrogens is 4. The molecule has 0 aliphatic heterocycles. The van der Waals surface area contributed by atoms with Gasteiger partial charge in [-0.1, -0.05) is 19.3 Å². The van der Waals surface area contributed by atoms with Gasteiger partial charge in [0.15, 0.2) is 0 Å². The Labute approximate surface area is 153 Å². The van der Waals surface area contributed by atoms with E-state index >= 15 is 0 Å². The molecule has 7 nitrogen and oxygen atoms in total. The predicted molar refractivity (Wildman–Crippen MR) is 99.9 cm³/mol. The Bertz CT molecular complexity index is 861. The van der Waals surface area contributed by atoms with E-state index in [1.165, 1.54) is 17.2 Å². The van der Waals surface area contributed by atoms with E-state index in [0.29, 0.717) is 5.69 Å². The van der Waals surface area contributed by atoms with Crippen LogP contribution in [0.4, 0.5) is 0 Å². The fourth-order valence-corrected chi connectivity index (χ4v) is 3.66. The first kappa shape index (κ1) is 18.4. The zero-order chi connectivity index (χ0) is 18.8. The smallest absolute Gasteiger partial charge is 0.267 e. The van der Waals surface area contributed by atoms with Crippen LogP contribution in [0.1, 0.15) is 56.5 Å². The second-order valence-electron chi connectivity index (χ2n) is 7.19. The highest BCUT2D eigenvalue weighted by atomic mass is 16.2. The number of nitrogens with zero attached hydrogens (tertiary/aromatic N) is 4. The van der Waals surface area contributed by atoms with Gasteiger partial charge < -0.3 is 5.32 Å². The van der Waals surface area contributed by atoms with Crippen LogP contribution in [-0.4, -0.2) is 31.5 Å². The van der Waals surface area contributed by atoms with Gasteiger partial charge in [-0.3, -0.25) is 14.3 Å².